The van der Waals surface area contributed by atoms with Gasteiger partial charge in [-0.25, -0.2) is 9.97 Å². The summed E-state index contributed by atoms with van der Waals surface area (Å²) in [6.07, 6.45) is 1.58. The lowest BCUT2D eigenvalue weighted by molar-refractivity contribution is 0.0935. The second-order valence-corrected chi connectivity index (χ2v) is 6.69. The molecule has 1 amide bonds. The van der Waals surface area contributed by atoms with E-state index in [-0.39, 0.29) is 17.9 Å². The van der Waals surface area contributed by atoms with Gasteiger partial charge in [0.1, 0.15) is 5.69 Å². The third kappa shape index (κ3) is 4.80. The number of nitrogens with zero attached hydrogens (tertiary/aromatic N) is 2. The molecule has 0 aliphatic heterocycles. The Labute approximate surface area is 135 Å². The summed E-state index contributed by atoms with van der Waals surface area (Å²) in [5, 5.41) is 7.09. The molecule has 1 unspecified atom stereocenters. The molecule has 6 heteroatoms. The van der Waals surface area contributed by atoms with Gasteiger partial charge in [-0.05, 0) is 54.1 Å². The summed E-state index contributed by atoms with van der Waals surface area (Å²) >= 11 is 1.66. The fourth-order valence-electron chi connectivity index (χ4n) is 2.27. The van der Waals surface area contributed by atoms with Crippen LogP contribution in [0.5, 0.6) is 0 Å². The highest BCUT2D eigenvalue weighted by atomic mass is 32.1. The Hall–Kier alpha value is -1.95. The van der Waals surface area contributed by atoms with Gasteiger partial charge in [0.15, 0.2) is 0 Å². The van der Waals surface area contributed by atoms with Gasteiger partial charge in [-0.3, -0.25) is 4.79 Å². The van der Waals surface area contributed by atoms with Crippen LogP contribution in [-0.4, -0.2) is 21.9 Å². The number of nitrogens with two attached hydrogens (primary N) is 1. The minimum atomic E-state index is -0.207. The van der Waals surface area contributed by atoms with E-state index >= 15 is 0 Å². The second kappa shape index (κ2) is 7.35. The number of nitrogen functional groups attached to an aromatic ring is 1. The maximum Gasteiger partial charge on any atom is 0.270 e. The van der Waals surface area contributed by atoms with Crippen LogP contribution in [0.25, 0.3) is 0 Å². The number of nitrogens with one attached hydrogen (secondary N) is 1. The molecule has 0 aliphatic carbocycles. The molecule has 2 aromatic rings. The van der Waals surface area contributed by atoms with Crippen molar-refractivity contribution in [3.63, 3.8) is 0 Å². The van der Waals surface area contributed by atoms with Crippen LogP contribution in [0.3, 0.4) is 0 Å². The first-order valence-electron chi connectivity index (χ1n) is 7.39. The Bertz CT molecular complexity index is 625. The summed E-state index contributed by atoms with van der Waals surface area (Å²) in [4.78, 5) is 20.6. The summed E-state index contributed by atoms with van der Waals surface area (Å²) in [6.45, 7) is 6.18. The maximum absolute atomic E-state index is 12.3. The van der Waals surface area contributed by atoms with E-state index in [4.69, 9.17) is 5.73 Å². The minimum absolute atomic E-state index is 0.0341. The molecule has 0 radical (unpaired) electrons. The molecule has 2 heterocycles. The highest BCUT2D eigenvalue weighted by molar-refractivity contribution is 7.07. The van der Waals surface area contributed by atoms with E-state index in [2.05, 4.69) is 40.6 Å². The second-order valence-electron chi connectivity index (χ2n) is 5.91. The smallest absolute Gasteiger partial charge is 0.270 e. The van der Waals surface area contributed by atoms with E-state index < -0.39 is 0 Å². The van der Waals surface area contributed by atoms with Crippen molar-refractivity contribution < 1.29 is 4.79 Å². The monoisotopic (exact) mass is 318 g/mol. The molecule has 22 heavy (non-hydrogen) atoms. The van der Waals surface area contributed by atoms with Gasteiger partial charge >= 0.3 is 0 Å². The average molecular weight is 318 g/mol. The molecule has 0 fully saturated rings. The van der Waals surface area contributed by atoms with Gasteiger partial charge in [0, 0.05) is 11.7 Å². The fraction of sp³-hybridized carbons (Fsp3) is 0.438. The zero-order chi connectivity index (χ0) is 16.1. The van der Waals surface area contributed by atoms with Gasteiger partial charge in [-0.2, -0.15) is 11.3 Å². The van der Waals surface area contributed by atoms with E-state index in [1.807, 2.05) is 12.3 Å². The highest BCUT2D eigenvalue weighted by Crippen LogP contribution is 2.11. The van der Waals surface area contributed by atoms with Gasteiger partial charge in [0.05, 0.1) is 0 Å². The Morgan fingerprint density at radius 3 is 2.73 bits per heavy atom. The predicted molar refractivity (Wildman–Crippen MR) is 89.9 cm³/mol. The van der Waals surface area contributed by atoms with Crippen LogP contribution < -0.4 is 11.1 Å². The minimum Gasteiger partial charge on any atom is -0.368 e. The van der Waals surface area contributed by atoms with E-state index in [9.17, 15) is 4.79 Å². The maximum atomic E-state index is 12.3. The number of hydrogen-bond acceptors (Lipinski definition) is 5. The van der Waals surface area contributed by atoms with Gasteiger partial charge < -0.3 is 11.1 Å². The lowest BCUT2D eigenvalue weighted by Crippen LogP contribution is -2.34. The quantitative estimate of drug-likeness (QED) is 0.858. The van der Waals surface area contributed by atoms with Gasteiger partial charge in [0.2, 0.25) is 5.95 Å². The molecule has 1 atom stereocenters. The van der Waals surface area contributed by atoms with Crippen molar-refractivity contribution >= 4 is 23.2 Å². The number of carbonyl (C=O) groups is 1. The molecule has 5 nitrogen and oxygen atoms in total. The van der Waals surface area contributed by atoms with E-state index in [1.54, 1.807) is 17.4 Å². The summed E-state index contributed by atoms with van der Waals surface area (Å²) in [5.41, 5.74) is 8.07. The predicted octanol–water partition coefficient (Wildman–Crippen LogP) is 2.68. The lowest BCUT2D eigenvalue weighted by Gasteiger charge is -2.13. The number of hydrogen-bond donors (Lipinski definition) is 2. The average Bonchev–Trinajstić information content (AvgIpc) is 2.89. The number of thiophene rings is 1. The van der Waals surface area contributed by atoms with Crippen molar-refractivity contribution in [2.24, 2.45) is 5.92 Å². The van der Waals surface area contributed by atoms with Crippen molar-refractivity contribution in [2.75, 3.05) is 5.73 Å². The van der Waals surface area contributed by atoms with Crippen LogP contribution in [0.15, 0.2) is 22.9 Å². The SMILES string of the molecule is CC(C)Cc1cc(C(=O)NC(C)Cc2ccsc2)nc(N)n1. The van der Waals surface area contributed by atoms with E-state index in [0.29, 0.717) is 11.6 Å². The molecule has 0 aromatic carbocycles. The largest absolute Gasteiger partial charge is 0.368 e. The zero-order valence-electron chi connectivity index (χ0n) is 13.2. The molecule has 3 N–H and O–H groups in total. The molecule has 0 saturated carbocycles. The Morgan fingerprint density at radius 2 is 2.09 bits per heavy atom. The molecule has 0 bridgehead atoms. The van der Waals surface area contributed by atoms with Crippen LogP contribution in [0.4, 0.5) is 5.95 Å². The van der Waals surface area contributed by atoms with Gasteiger partial charge in [-0.15, -0.1) is 0 Å². The number of rotatable bonds is 6. The summed E-state index contributed by atoms with van der Waals surface area (Å²) in [7, 11) is 0. The topological polar surface area (TPSA) is 80.9 Å². The lowest BCUT2D eigenvalue weighted by atomic mass is 10.1. The number of anilines is 1. The van der Waals surface area contributed by atoms with Crippen molar-refractivity contribution in [3.8, 4) is 0 Å². The molecule has 2 rings (SSSR count). The van der Waals surface area contributed by atoms with Gasteiger partial charge in [-0.1, -0.05) is 13.8 Å². The van der Waals surface area contributed by atoms with E-state index in [1.165, 1.54) is 5.56 Å². The van der Waals surface area contributed by atoms with Crippen LogP contribution in [0, 0.1) is 5.92 Å². The number of carbonyl (C=O) groups excluding carboxylic acids is 1. The third-order valence-corrected chi connectivity index (χ3v) is 3.88. The van der Waals surface area contributed by atoms with Crippen LogP contribution in [0.1, 0.15) is 42.5 Å². The Morgan fingerprint density at radius 1 is 1.32 bits per heavy atom. The fourth-order valence-corrected chi connectivity index (χ4v) is 2.95. The van der Waals surface area contributed by atoms with Crippen LogP contribution in [0.2, 0.25) is 0 Å². The summed E-state index contributed by atoms with van der Waals surface area (Å²) < 4.78 is 0. The number of aromatic nitrogens is 2. The molecule has 0 saturated heterocycles. The van der Waals surface area contributed by atoms with Crippen molar-refractivity contribution in [1.82, 2.24) is 15.3 Å². The highest BCUT2D eigenvalue weighted by Gasteiger charge is 2.14. The van der Waals surface area contributed by atoms with Crippen LogP contribution in [-0.2, 0) is 12.8 Å². The third-order valence-electron chi connectivity index (χ3n) is 3.15. The molecular formula is C16H22N4OS. The number of amides is 1. The summed E-state index contributed by atoms with van der Waals surface area (Å²) in [6, 6.07) is 3.83. The van der Waals surface area contributed by atoms with Crippen LogP contribution >= 0.6 is 11.3 Å². The Kier molecular flexibility index (Phi) is 5.49. The normalized spacial score (nSPS) is 12.4. The molecule has 2 aromatic heterocycles. The van der Waals surface area contributed by atoms with Crippen molar-refractivity contribution in [1.29, 1.82) is 0 Å². The summed E-state index contributed by atoms with van der Waals surface area (Å²) in [5.74, 6) is 0.387. The standard InChI is InChI=1S/C16H22N4OS/c1-10(2)6-13-8-14(20-16(17)19-13)15(21)18-11(3)7-12-4-5-22-9-12/h4-5,8-11H,6-7H2,1-3H3,(H,18,21)(H2,17,19,20). The molecule has 0 aliphatic rings. The zero-order valence-corrected chi connectivity index (χ0v) is 14.0. The molecular weight excluding hydrogens is 296 g/mol. The molecule has 0 spiro atoms. The molecule has 118 valence electrons. The van der Waals surface area contributed by atoms with Crippen molar-refractivity contribution in [2.45, 2.75) is 39.7 Å². The van der Waals surface area contributed by atoms with E-state index in [0.717, 1.165) is 18.5 Å². The van der Waals surface area contributed by atoms with Gasteiger partial charge in [0.25, 0.3) is 5.91 Å². The first kappa shape index (κ1) is 16.4. The van der Waals surface area contributed by atoms with Crippen molar-refractivity contribution in [3.05, 3.63) is 39.8 Å². The first-order valence-corrected chi connectivity index (χ1v) is 8.33. The Balaban J connectivity index is 2.03. The first-order chi connectivity index (χ1) is 10.4.